The first kappa shape index (κ1) is 20.6. The zero-order chi connectivity index (χ0) is 23.4. The Morgan fingerprint density at radius 1 is 1.09 bits per heavy atom. The number of carbonyl (C=O) groups excluding carboxylic acids is 2. The number of Topliss-reactive ketones (excluding diaryl/α,β-unsaturated/α-hetero) is 1. The molecule has 6 rings (SSSR count). The molecular weight excluding hydrogens is 474 g/mol. The van der Waals surface area contributed by atoms with E-state index < -0.39 is 23.5 Å². The van der Waals surface area contributed by atoms with Crippen LogP contribution in [0.3, 0.4) is 0 Å². The number of aliphatic hydroxyl groups is 1. The molecule has 0 spiro atoms. The number of pyridine rings is 1. The van der Waals surface area contributed by atoms with Crippen LogP contribution in [-0.4, -0.2) is 26.8 Å². The van der Waals surface area contributed by atoms with Gasteiger partial charge in [0, 0.05) is 22.8 Å². The molecule has 0 bridgehead atoms. The van der Waals surface area contributed by atoms with E-state index in [-0.39, 0.29) is 11.3 Å². The monoisotopic (exact) mass is 487 g/mol. The molecule has 0 fully saturated rings. The lowest BCUT2D eigenvalue weighted by atomic mass is 9.96. The van der Waals surface area contributed by atoms with E-state index in [1.54, 1.807) is 60.9 Å². The molecule has 1 aliphatic heterocycles. The first-order valence-electron chi connectivity index (χ1n) is 10.3. The molecule has 1 aliphatic rings. The number of furan rings is 1. The van der Waals surface area contributed by atoms with E-state index in [4.69, 9.17) is 16.0 Å². The number of hydrogen-bond donors (Lipinski definition) is 1. The van der Waals surface area contributed by atoms with Gasteiger partial charge in [0.15, 0.2) is 16.7 Å². The van der Waals surface area contributed by atoms with Crippen molar-refractivity contribution in [2.45, 2.75) is 6.04 Å². The van der Waals surface area contributed by atoms with E-state index in [1.165, 1.54) is 16.2 Å². The van der Waals surface area contributed by atoms with Crippen LogP contribution < -0.4 is 4.90 Å². The first-order chi connectivity index (χ1) is 16.5. The normalized spacial score (nSPS) is 16.2. The maximum absolute atomic E-state index is 13.6. The number of rotatable bonds is 4. The molecule has 0 radical (unpaired) electrons. The van der Waals surface area contributed by atoms with Gasteiger partial charge in [-0.1, -0.05) is 41.1 Å². The molecule has 0 saturated heterocycles. The molecule has 1 N–H and O–H groups in total. The first-order valence-corrected chi connectivity index (χ1v) is 11.5. The van der Waals surface area contributed by atoms with Gasteiger partial charge in [-0.05, 0) is 48.0 Å². The number of para-hydroxylation sites is 1. The Hall–Kier alpha value is -4.01. The summed E-state index contributed by atoms with van der Waals surface area (Å²) >= 11 is 7.37. The van der Waals surface area contributed by atoms with Gasteiger partial charge >= 0.3 is 0 Å². The Morgan fingerprint density at radius 3 is 2.68 bits per heavy atom. The van der Waals surface area contributed by atoms with Crippen molar-refractivity contribution in [1.82, 2.24) is 9.97 Å². The van der Waals surface area contributed by atoms with Crippen molar-refractivity contribution in [2.75, 3.05) is 4.90 Å². The topological polar surface area (TPSA) is 96.5 Å². The molecule has 5 aromatic rings. The van der Waals surface area contributed by atoms with Crippen molar-refractivity contribution in [3.05, 3.63) is 101 Å². The highest BCUT2D eigenvalue weighted by Crippen LogP contribution is 2.44. The van der Waals surface area contributed by atoms with Gasteiger partial charge in [0.1, 0.15) is 5.58 Å². The molecule has 2 aromatic carbocycles. The summed E-state index contributed by atoms with van der Waals surface area (Å²) in [5.41, 5.74) is 1.72. The van der Waals surface area contributed by atoms with Crippen molar-refractivity contribution in [3.63, 3.8) is 0 Å². The van der Waals surface area contributed by atoms with E-state index in [0.717, 1.165) is 10.1 Å². The molecule has 1 unspecified atom stereocenters. The van der Waals surface area contributed by atoms with E-state index in [0.29, 0.717) is 26.8 Å². The number of anilines is 1. The summed E-state index contributed by atoms with van der Waals surface area (Å²) in [5, 5.41) is 12.5. The fourth-order valence-electron chi connectivity index (χ4n) is 4.11. The summed E-state index contributed by atoms with van der Waals surface area (Å²) in [6.45, 7) is 0. The number of ketones is 1. The summed E-state index contributed by atoms with van der Waals surface area (Å²) in [6, 6.07) is 16.5. The number of carbonyl (C=O) groups is 2. The summed E-state index contributed by atoms with van der Waals surface area (Å²) in [7, 11) is 0. The predicted molar refractivity (Wildman–Crippen MR) is 129 cm³/mol. The van der Waals surface area contributed by atoms with Crippen LogP contribution in [0, 0.1) is 0 Å². The molecule has 1 atom stereocenters. The zero-order valence-corrected chi connectivity index (χ0v) is 18.9. The number of aromatic nitrogens is 2. The average Bonchev–Trinajstić information content (AvgIpc) is 3.53. The Kier molecular flexibility index (Phi) is 4.72. The zero-order valence-electron chi connectivity index (χ0n) is 17.3. The largest absolute Gasteiger partial charge is 0.503 e. The van der Waals surface area contributed by atoms with Crippen molar-refractivity contribution in [3.8, 4) is 0 Å². The maximum Gasteiger partial charge on any atom is 0.296 e. The molecule has 7 nitrogen and oxygen atoms in total. The Balaban J connectivity index is 1.51. The Bertz CT molecular complexity index is 1610. The van der Waals surface area contributed by atoms with Gasteiger partial charge in [0.2, 0.25) is 5.78 Å². The fourth-order valence-corrected chi connectivity index (χ4v) is 5.38. The Morgan fingerprint density at radius 2 is 1.88 bits per heavy atom. The number of aliphatic hydroxyl groups excluding tert-OH is 1. The van der Waals surface area contributed by atoms with Gasteiger partial charge in [-0.25, -0.2) is 4.98 Å². The molecule has 0 aliphatic carbocycles. The highest BCUT2D eigenvalue weighted by Gasteiger charge is 2.46. The van der Waals surface area contributed by atoms with Gasteiger partial charge in [-0.15, -0.1) is 0 Å². The standard InChI is InChI=1S/C25H14ClN3O4S/c26-15-5-6-16-19(12-15)34-25(28-16)29-21(13-7-9-27-10-8-13)20(23(31)24(29)32)22(30)18-11-14-3-1-2-4-17(14)33-18/h1-12,21,31H. The smallest absolute Gasteiger partial charge is 0.296 e. The van der Waals surface area contributed by atoms with Crippen LogP contribution >= 0.6 is 22.9 Å². The lowest BCUT2D eigenvalue weighted by Gasteiger charge is -2.24. The number of amides is 1. The van der Waals surface area contributed by atoms with Crippen LogP contribution in [0.2, 0.25) is 5.02 Å². The summed E-state index contributed by atoms with van der Waals surface area (Å²) in [4.78, 5) is 36.9. The average molecular weight is 488 g/mol. The van der Waals surface area contributed by atoms with Crippen LogP contribution in [0.1, 0.15) is 22.2 Å². The molecule has 1 amide bonds. The SMILES string of the molecule is O=C(C1=C(O)C(=O)N(c2nc3ccc(Cl)cc3s2)C1c1ccncc1)c1cc2ccccc2o1. The molecule has 4 heterocycles. The van der Waals surface area contributed by atoms with Crippen LogP contribution in [0.4, 0.5) is 5.13 Å². The van der Waals surface area contributed by atoms with E-state index in [2.05, 4.69) is 9.97 Å². The van der Waals surface area contributed by atoms with E-state index in [1.807, 2.05) is 12.1 Å². The van der Waals surface area contributed by atoms with Crippen LogP contribution in [0.15, 0.2) is 88.8 Å². The van der Waals surface area contributed by atoms with Gasteiger partial charge in [0.05, 0.1) is 21.8 Å². The maximum atomic E-state index is 13.6. The number of hydrogen-bond acceptors (Lipinski definition) is 7. The second-order valence-electron chi connectivity index (χ2n) is 7.71. The highest BCUT2D eigenvalue weighted by atomic mass is 35.5. The summed E-state index contributed by atoms with van der Waals surface area (Å²) in [5.74, 6) is -1.89. The minimum atomic E-state index is -0.910. The third-order valence-electron chi connectivity index (χ3n) is 5.67. The molecule has 34 heavy (non-hydrogen) atoms. The quantitative estimate of drug-likeness (QED) is 0.318. The lowest BCUT2D eigenvalue weighted by molar-refractivity contribution is -0.117. The third kappa shape index (κ3) is 3.19. The van der Waals surface area contributed by atoms with E-state index in [9.17, 15) is 14.7 Å². The number of thiazole rings is 1. The van der Waals surface area contributed by atoms with Gasteiger partial charge in [0.25, 0.3) is 5.91 Å². The number of benzene rings is 2. The molecule has 3 aromatic heterocycles. The predicted octanol–water partition coefficient (Wildman–Crippen LogP) is 5.87. The second-order valence-corrected chi connectivity index (χ2v) is 9.15. The van der Waals surface area contributed by atoms with E-state index >= 15 is 0 Å². The van der Waals surface area contributed by atoms with Crippen LogP contribution in [0.25, 0.3) is 21.2 Å². The van der Waals surface area contributed by atoms with Gasteiger partial charge < -0.3 is 9.52 Å². The van der Waals surface area contributed by atoms with Crippen molar-refractivity contribution in [2.24, 2.45) is 0 Å². The highest BCUT2D eigenvalue weighted by molar-refractivity contribution is 7.22. The van der Waals surface area contributed by atoms with Crippen molar-refractivity contribution >= 4 is 60.9 Å². The second kappa shape index (κ2) is 7.79. The van der Waals surface area contributed by atoms with Gasteiger partial charge in [-0.2, -0.15) is 0 Å². The summed E-state index contributed by atoms with van der Waals surface area (Å²) in [6.07, 6.45) is 3.13. The third-order valence-corrected chi connectivity index (χ3v) is 6.92. The Labute approximate surface area is 201 Å². The molecule has 9 heteroatoms. The van der Waals surface area contributed by atoms with Crippen molar-refractivity contribution < 1.29 is 19.1 Å². The minimum absolute atomic E-state index is 0.0348. The minimum Gasteiger partial charge on any atom is -0.503 e. The fraction of sp³-hybridized carbons (Fsp3) is 0.0400. The van der Waals surface area contributed by atoms with Crippen molar-refractivity contribution in [1.29, 1.82) is 0 Å². The molecule has 0 saturated carbocycles. The lowest BCUT2D eigenvalue weighted by Crippen LogP contribution is -2.30. The molecular formula is C25H14ClN3O4S. The number of fused-ring (bicyclic) bond motifs is 2. The van der Waals surface area contributed by atoms with Gasteiger partial charge in [-0.3, -0.25) is 19.5 Å². The van der Waals surface area contributed by atoms with Crippen LogP contribution in [-0.2, 0) is 4.79 Å². The number of nitrogens with zero attached hydrogens (tertiary/aromatic N) is 3. The van der Waals surface area contributed by atoms with Crippen LogP contribution in [0.5, 0.6) is 0 Å². The number of halogens is 1. The summed E-state index contributed by atoms with van der Waals surface area (Å²) < 4.78 is 6.53. The molecule has 166 valence electrons.